The average Bonchev–Trinajstić information content (AvgIpc) is 2.44. The Morgan fingerprint density at radius 3 is 1.96 bits per heavy atom. The molecule has 12 nitrogen and oxygen atoms in total. The molecule has 14 heteroatoms. The summed E-state index contributed by atoms with van der Waals surface area (Å²) in [5.41, 5.74) is 0. The lowest BCUT2D eigenvalue weighted by atomic mass is 9.99. The maximum Gasteiger partial charge on any atom is 0.340 e. The Labute approximate surface area is 137 Å². The van der Waals surface area contributed by atoms with Gasteiger partial charge in [0.05, 0.1) is 6.61 Å². The Kier molecular flexibility index (Phi) is 7.95. The van der Waals surface area contributed by atoms with Crippen molar-refractivity contribution in [1.29, 1.82) is 0 Å². The van der Waals surface area contributed by atoms with E-state index in [0.717, 1.165) is 0 Å². The van der Waals surface area contributed by atoms with E-state index >= 15 is 0 Å². The Balaban J connectivity index is 2.54. The minimum Gasteiger partial charge on any atom is -0.394 e. The summed E-state index contributed by atoms with van der Waals surface area (Å²) in [6.07, 6.45) is -8.17. The van der Waals surface area contributed by atoms with Gasteiger partial charge < -0.3 is 49.5 Å². The lowest BCUT2D eigenvalue weighted by Crippen LogP contribution is -2.59. The number of aliphatic hydroxyl groups is 4. The second-order valence-electron chi connectivity index (χ2n) is 5.37. The smallest absolute Gasteiger partial charge is 0.340 e. The second kappa shape index (κ2) is 8.63. The SMILES string of the molecule is O=P(O)(O)C(CCCO[C@@H]1O[C@H](CO)[C@@H](O)[C@H](O)[C@H]1O)P(=O)(O)O. The summed E-state index contributed by atoms with van der Waals surface area (Å²) in [5.74, 6) is 0. The predicted molar refractivity (Wildman–Crippen MR) is 76.8 cm³/mol. The van der Waals surface area contributed by atoms with Gasteiger partial charge in [-0.05, 0) is 12.8 Å². The van der Waals surface area contributed by atoms with E-state index in [2.05, 4.69) is 0 Å². The lowest BCUT2D eigenvalue weighted by Gasteiger charge is -2.39. The molecule has 0 aromatic rings. The van der Waals surface area contributed by atoms with Crippen LogP contribution in [-0.2, 0) is 18.6 Å². The van der Waals surface area contributed by atoms with Gasteiger partial charge in [0, 0.05) is 6.61 Å². The van der Waals surface area contributed by atoms with Gasteiger partial charge in [-0.25, -0.2) is 0 Å². The van der Waals surface area contributed by atoms with Crippen LogP contribution >= 0.6 is 15.2 Å². The summed E-state index contributed by atoms with van der Waals surface area (Å²) in [6, 6.07) is 0. The van der Waals surface area contributed by atoms with Gasteiger partial charge in [0.15, 0.2) is 11.7 Å². The first kappa shape index (κ1) is 22.1. The third-order valence-corrected chi connectivity index (χ3v) is 7.39. The zero-order chi connectivity index (χ0) is 18.7. The minimum atomic E-state index is -5.02. The minimum absolute atomic E-state index is 0.185. The Morgan fingerprint density at radius 1 is 0.958 bits per heavy atom. The fourth-order valence-electron chi connectivity index (χ4n) is 2.20. The van der Waals surface area contributed by atoms with Crippen LogP contribution in [-0.4, -0.2) is 89.3 Å². The fourth-order valence-corrected chi connectivity index (χ4v) is 4.81. The first-order valence-electron chi connectivity index (χ1n) is 6.92. The summed E-state index contributed by atoms with van der Waals surface area (Å²) in [5, 5.41) is 35.7. The highest BCUT2D eigenvalue weighted by atomic mass is 31.2. The number of aliphatic hydroxyl groups excluding tert-OH is 4. The van der Waals surface area contributed by atoms with Crippen molar-refractivity contribution in [2.75, 3.05) is 13.2 Å². The van der Waals surface area contributed by atoms with Crippen LogP contribution in [0.2, 0.25) is 0 Å². The molecule has 24 heavy (non-hydrogen) atoms. The van der Waals surface area contributed by atoms with Crippen molar-refractivity contribution >= 4 is 15.2 Å². The van der Waals surface area contributed by atoms with Crippen LogP contribution in [0.3, 0.4) is 0 Å². The average molecular weight is 396 g/mol. The third kappa shape index (κ3) is 5.80. The summed E-state index contributed by atoms with van der Waals surface area (Å²) < 4.78 is 32.3. The highest BCUT2D eigenvalue weighted by molar-refractivity contribution is 7.70. The highest BCUT2D eigenvalue weighted by Crippen LogP contribution is 2.61. The van der Waals surface area contributed by atoms with Crippen molar-refractivity contribution in [1.82, 2.24) is 0 Å². The molecule has 0 bridgehead atoms. The summed E-state index contributed by atoms with van der Waals surface area (Å²) >= 11 is 0. The van der Waals surface area contributed by atoms with Gasteiger partial charge in [-0.15, -0.1) is 0 Å². The van der Waals surface area contributed by atoms with Crippen LogP contribution in [0.25, 0.3) is 0 Å². The standard InChI is InChI=1S/C10H22O12P2/c11-4-5-7(12)8(13)9(14)10(22-5)21-3-1-2-6(23(15,16)17)24(18,19)20/h5-14H,1-4H2,(H2,15,16,17)(H2,18,19,20)/t5-,7-,8+,9-,10-/m1/s1. The molecule has 1 rings (SSSR count). The molecule has 1 fully saturated rings. The van der Waals surface area contributed by atoms with Crippen molar-refractivity contribution in [2.24, 2.45) is 0 Å². The zero-order valence-corrected chi connectivity index (χ0v) is 14.2. The van der Waals surface area contributed by atoms with Crippen molar-refractivity contribution in [2.45, 2.75) is 48.9 Å². The third-order valence-electron chi connectivity index (χ3n) is 3.51. The quantitative estimate of drug-likeness (QED) is 0.155. The Hall–Kier alpha value is 0.0600. The number of hydrogen-bond acceptors (Lipinski definition) is 8. The van der Waals surface area contributed by atoms with E-state index in [-0.39, 0.29) is 13.0 Å². The molecule has 0 amide bonds. The number of ether oxygens (including phenoxy) is 2. The van der Waals surface area contributed by atoms with Crippen molar-refractivity contribution < 1.29 is 58.6 Å². The number of rotatable bonds is 8. The zero-order valence-electron chi connectivity index (χ0n) is 12.4. The monoisotopic (exact) mass is 396 g/mol. The van der Waals surface area contributed by atoms with Crippen molar-refractivity contribution in [3.05, 3.63) is 0 Å². The molecule has 0 radical (unpaired) electrons. The molecular formula is C10H22O12P2. The fraction of sp³-hybridized carbons (Fsp3) is 1.00. The van der Waals surface area contributed by atoms with E-state index in [9.17, 15) is 24.4 Å². The van der Waals surface area contributed by atoms with Crippen LogP contribution in [0.4, 0.5) is 0 Å². The van der Waals surface area contributed by atoms with E-state index < -0.39 is 64.3 Å². The molecule has 1 aliphatic heterocycles. The first-order chi connectivity index (χ1) is 10.9. The topological polar surface area (TPSA) is 214 Å². The molecule has 1 saturated heterocycles. The van der Waals surface area contributed by atoms with Gasteiger partial charge in [0.1, 0.15) is 24.4 Å². The molecule has 0 aromatic heterocycles. The Morgan fingerprint density at radius 2 is 1.50 bits per heavy atom. The summed E-state index contributed by atoms with van der Waals surface area (Å²) in [4.78, 5) is 35.8. The largest absolute Gasteiger partial charge is 0.394 e. The molecule has 1 heterocycles. The molecule has 144 valence electrons. The van der Waals surface area contributed by atoms with E-state index in [1.54, 1.807) is 0 Å². The van der Waals surface area contributed by atoms with Gasteiger partial charge in [0.2, 0.25) is 0 Å². The van der Waals surface area contributed by atoms with Crippen LogP contribution in [0.5, 0.6) is 0 Å². The van der Waals surface area contributed by atoms with E-state index in [0.29, 0.717) is 0 Å². The van der Waals surface area contributed by atoms with E-state index in [4.69, 9.17) is 34.2 Å². The maximum atomic E-state index is 11.1. The van der Waals surface area contributed by atoms with Crippen LogP contribution in [0.15, 0.2) is 0 Å². The maximum absolute atomic E-state index is 11.1. The van der Waals surface area contributed by atoms with Gasteiger partial charge in [0.25, 0.3) is 0 Å². The normalized spacial score (nSPS) is 32.3. The van der Waals surface area contributed by atoms with Gasteiger partial charge in [-0.1, -0.05) is 0 Å². The molecule has 0 aliphatic carbocycles. The summed E-state index contributed by atoms with van der Waals surface area (Å²) in [6.45, 7) is -0.956. The predicted octanol–water partition coefficient (Wildman–Crippen LogP) is -2.74. The molecule has 1 aliphatic rings. The highest BCUT2D eigenvalue weighted by Gasteiger charge is 2.45. The molecule has 0 spiro atoms. The van der Waals surface area contributed by atoms with Crippen molar-refractivity contribution in [3.63, 3.8) is 0 Å². The second-order valence-corrected chi connectivity index (χ2v) is 9.38. The molecule has 8 N–H and O–H groups in total. The molecule has 5 atom stereocenters. The summed E-state index contributed by atoms with van der Waals surface area (Å²) in [7, 11) is -10.0. The van der Waals surface area contributed by atoms with Crippen LogP contribution < -0.4 is 0 Å². The van der Waals surface area contributed by atoms with Gasteiger partial charge in [-0.3, -0.25) is 9.13 Å². The van der Waals surface area contributed by atoms with Gasteiger partial charge in [-0.2, -0.15) is 0 Å². The van der Waals surface area contributed by atoms with E-state index in [1.807, 2.05) is 0 Å². The molecule has 0 unspecified atom stereocenters. The van der Waals surface area contributed by atoms with Gasteiger partial charge >= 0.3 is 15.2 Å². The molecule has 0 saturated carbocycles. The van der Waals surface area contributed by atoms with Crippen LogP contribution in [0, 0.1) is 0 Å². The van der Waals surface area contributed by atoms with Crippen molar-refractivity contribution in [3.8, 4) is 0 Å². The van der Waals surface area contributed by atoms with E-state index in [1.165, 1.54) is 0 Å². The lowest BCUT2D eigenvalue weighted by molar-refractivity contribution is -0.301. The Bertz CT molecular complexity index is 464. The molecular weight excluding hydrogens is 374 g/mol. The van der Waals surface area contributed by atoms with Crippen LogP contribution in [0.1, 0.15) is 12.8 Å². The number of hydrogen-bond donors (Lipinski definition) is 8. The molecule has 0 aromatic carbocycles. The first-order valence-corrected chi connectivity index (χ1v) is 10.3.